The molecule has 2 amide bonds. The highest BCUT2D eigenvalue weighted by Gasteiger charge is 2.34. The van der Waals surface area contributed by atoms with Gasteiger partial charge in [-0.1, -0.05) is 18.5 Å². The maximum absolute atomic E-state index is 12.8. The molecule has 1 rings (SSSR count). The second-order valence-corrected chi connectivity index (χ2v) is 4.70. The number of alkyl halides is 3. The highest BCUT2D eigenvalue weighted by atomic mass is 35.5. The molecule has 0 aliphatic carbocycles. The third kappa shape index (κ3) is 5.63. The summed E-state index contributed by atoms with van der Waals surface area (Å²) in [5.74, 6) is -1.37. The summed E-state index contributed by atoms with van der Waals surface area (Å²) in [7, 11) is 0. The lowest BCUT2D eigenvalue weighted by molar-refractivity contribution is -0.137. The molecule has 0 aromatic heterocycles. The highest BCUT2D eigenvalue weighted by Crippen LogP contribution is 2.36. The normalized spacial score (nSPS) is 11.1. The summed E-state index contributed by atoms with van der Waals surface area (Å²) in [6, 6.07) is 2.99. The van der Waals surface area contributed by atoms with E-state index >= 15 is 0 Å². The zero-order chi connectivity index (χ0) is 16.0. The van der Waals surface area contributed by atoms with Crippen molar-refractivity contribution in [2.75, 3.05) is 11.9 Å². The van der Waals surface area contributed by atoms with E-state index in [0.717, 1.165) is 6.07 Å². The topological polar surface area (TPSA) is 58.2 Å². The third-order valence-corrected chi connectivity index (χ3v) is 2.69. The van der Waals surface area contributed by atoms with Gasteiger partial charge in [0.05, 0.1) is 11.3 Å². The third-order valence-electron chi connectivity index (χ3n) is 2.45. The fourth-order valence-electron chi connectivity index (χ4n) is 1.53. The van der Waals surface area contributed by atoms with E-state index in [2.05, 4.69) is 10.6 Å². The number of hydrogen-bond donors (Lipinski definition) is 2. The van der Waals surface area contributed by atoms with E-state index in [0.29, 0.717) is 19.0 Å². The van der Waals surface area contributed by atoms with Crippen molar-refractivity contribution in [3.8, 4) is 0 Å². The number of halogens is 4. The molecule has 116 valence electrons. The minimum absolute atomic E-state index is 0.0963. The number of benzene rings is 1. The van der Waals surface area contributed by atoms with Crippen LogP contribution in [0.4, 0.5) is 18.9 Å². The van der Waals surface area contributed by atoms with Crippen LogP contribution in [-0.2, 0) is 15.8 Å². The molecule has 0 radical (unpaired) electrons. The summed E-state index contributed by atoms with van der Waals surface area (Å²) in [5, 5.41) is 4.44. The van der Waals surface area contributed by atoms with Gasteiger partial charge in [-0.3, -0.25) is 9.59 Å². The van der Waals surface area contributed by atoms with E-state index in [1.54, 1.807) is 0 Å². The Morgan fingerprint density at radius 2 is 1.90 bits per heavy atom. The molecule has 0 bridgehead atoms. The lowest BCUT2D eigenvalue weighted by atomic mass is 10.1. The van der Waals surface area contributed by atoms with Gasteiger partial charge in [-0.15, -0.1) is 0 Å². The monoisotopic (exact) mass is 322 g/mol. The van der Waals surface area contributed by atoms with Gasteiger partial charge in [0.25, 0.3) is 0 Å². The van der Waals surface area contributed by atoms with Crippen LogP contribution < -0.4 is 10.6 Å². The Bertz CT molecular complexity index is 533. The van der Waals surface area contributed by atoms with Crippen molar-refractivity contribution in [1.82, 2.24) is 5.32 Å². The molecule has 4 nitrogen and oxygen atoms in total. The number of amides is 2. The average Bonchev–Trinajstić information content (AvgIpc) is 2.37. The highest BCUT2D eigenvalue weighted by molar-refractivity contribution is 6.30. The summed E-state index contributed by atoms with van der Waals surface area (Å²) in [4.78, 5) is 22.9. The van der Waals surface area contributed by atoms with Crippen molar-refractivity contribution in [3.63, 3.8) is 0 Å². The summed E-state index contributed by atoms with van der Waals surface area (Å²) in [5.41, 5.74) is -1.49. The quantitative estimate of drug-likeness (QED) is 0.818. The van der Waals surface area contributed by atoms with E-state index < -0.39 is 35.7 Å². The molecule has 1 aromatic carbocycles. The Balaban J connectivity index is 2.79. The first-order chi connectivity index (χ1) is 9.74. The lowest BCUT2D eigenvalue weighted by Crippen LogP contribution is -2.29. The Kier molecular flexibility index (Phi) is 6.02. The molecular formula is C13H14ClF3N2O2. The van der Waals surface area contributed by atoms with Crippen molar-refractivity contribution >= 4 is 29.1 Å². The zero-order valence-corrected chi connectivity index (χ0v) is 11.9. The lowest BCUT2D eigenvalue weighted by Gasteiger charge is -2.14. The maximum Gasteiger partial charge on any atom is 0.418 e. The van der Waals surface area contributed by atoms with Crippen LogP contribution in [-0.4, -0.2) is 18.4 Å². The van der Waals surface area contributed by atoms with Crippen molar-refractivity contribution in [2.45, 2.75) is 25.9 Å². The van der Waals surface area contributed by atoms with E-state index in [1.165, 1.54) is 6.07 Å². The molecule has 0 saturated heterocycles. The first-order valence-electron chi connectivity index (χ1n) is 6.17. The minimum Gasteiger partial charge on any atom is -0.356 e. The average molecular weight is 323 g/mol. The van der Waals surface area contributed by atoms with Gasteiger partial charge in [-0.05, 0) is 24.6 Å². The van der Waals surface area contributed by atoms with Gasteiger partial charge in [0.15, 0.2) is 0 Å². The minimum atomic E-state index is -4.65. The summed E-state index contributed by atoms with van der Waals surface area (Å²) in [6.45, 7) is 2.24. The van der Waals surface area contributed by atoms with Crippen molar-refractivity contribution in [1.29, 1.82) is 0 Å². The molecule has 0 aliphatic rings. The van der Waals surface area contributed by atoms with Gasteiger partial charge >= 0.3 is 6.18 Å². The molecule has 0 heterocycles. The predicted molar refractivity (Wildman–Crippen MR) is 73.0 cm³/mol. The second kappa shape index (κ2) is 7.31. The number of hydrogen-bond acceptors (Lipinski definition) is 2. The summed E-state index contributed by atoms with van der Waals surface area (Å²) >= 11 is 5.52. The van der Waals surface area contributed by atoms with Crippen molar-refractivity contribution in [2.24, 2.45) is 0 Å². The Morgan fingerprint density at radius 1 is 1.24 bits per heavy atom. The smallest absolute Gasteiger partial charge is 0.356 e. The zero-order valence-electron chi connectivity index (χ0n) is 11.2. The van der Waals surface area contributed by atoms with Crippen LogP contribution in [0.3, 0.4) is 0 Å². The summed E-state index contributed by atoms with van der Waals surface area (Å²) in [6.07, 6.45) is -4.50. The molecule has 0 fully saturated rings. The molecular weight excluding hydrogens is 309 g/mol. The van der Waals surface area contributed by atoms with Gasteiger partial charge in [0.1, 0.15) is 6.42 Å². The number of nitrogens with one attached hydrogen (secondary N) is 2. The standard InChI is InChI=1S/C13H14ClF3N2O2/c1-2-5-18-11(20)7-12(21)19-10-4-3-8(14)6-9(10)13(15,16)17/h3-4,6H,2,5,7H2,1H3,(H,18,20)(H,19,21). The van der Waals surface area contributed by atoms with Gasteiger partial charge in [-0.25, -0.2) is 0 Å². The summed E-state index contributed by atoms with van der Waals surface area (Å²) < 4.78 is 38.5. The molecule has 0 saturated carbocycles. The fourth-order valence-corrected chi connectivity index (χ4v) is 1.70. The molecule has 0 aliphatic heterocycles. The Morgan fingerprint density at radius 3 is 2.48 bits per heavy atom. The Labute approximate surface area is 124 Å². The van der Waals surface area contributed by atoms with Crippen LogP contribution in [0.15, 0.2) is 18.2 Å². The molecule has 1 aromatic rings. The molecule has 0 unspecified atom stereocenters. The van der Waals surface area contributed by atoms with Crippen LogP contribution in [0.1, 0.15) is 25.3 Å². The van der Waals surface area contributed by atoms with Gasteiger partial charge in [0.2, 0.25) is 11.8 Å². The SMILES string of the molecule is CCCNC(=O)CC(=O)Nc1ccc(Cl)cc1C(F)(F)F. The first kappa shape index (κ1) is 17.3. The number of carbonyl (C=O) groups excluding carboxylic acids is 2. The van der Waals surface area contributed by atoms with E-state index in [4.69, 9.17) is 11.6 Å². The van der Waals surface area contributed by atoms with Crippen LogP contribution >= 0.6 is 11.6 Å². The molecule has 0 spiro atoms. The molecule has 0 atom stereocenters. The number of carbonyl (C=O) groups is 2. The van der Waals surface area contributed by atoms with E-state index in [-0.39, 0.29) is 5.02 Å². The van der Waals surface area contributed by atoms with Crippen molar-refractivity contribution in [3.05, 3.63) is 28.8 Å². The number of anilines is 1. The number of rotatable bonds is 5. The van der Waals surface area contributed by atoms with Crippen LogP contribution in [0, 0.1) is 0 Å². The largest absolute Gasteiger partial charge is 0.418 e. The van der Waals surface area contributed by atoms with Gasteiger partial charge < -0.3 is 10.6 Å². The van der Waals surface area contributed by atoms with E-state index in [1.807, 2.05) is 6.92 Å². The predicted octanol–water partition coefficient (Wildman–Crippen LogP) is 3.21. The maximum atomic E-state index is 12.8. The Hall–Kier alpha value is -1.76. The second-order valence-electron chi connectivity index (χ2n) is 4.26. The molecule has 2 N–H and O–H groups in total. The molecule has 21 heavy (non-hydrogen) atoms. The van der Waals surface area contributed by atoms with Gasteiger partial charge in [0, 0.05) is 11.6 Å². The van der Waals surface area contributed by atoms with Crippen LogP contribution in [0.25, 0.3) is 0 Å². The fraction of sp³-hybridized carbons (Fsp3) is 0.385. The van der Waals surface area contributed by atoms with E-state index in [9.17, 15) is 22.8 Å². The van der Waals surface area contributed by atoms with Gasteiger partial charge in [-0.2, -0.15) is 13.2 Å². The van der Waals surface area contributed by atoms with Crippen LogP contribution in [0.2, 0.25) is 5.02 Å². The van der Waals surface area contributed by atoms with Crippen LogP contribution in [0.5, 0.6) is 0 Å². The van der Waals surface area contributed by atoms with Crippen molar-refractivity contribution < 1.29 is 22.8 Å². The molecule has 8 heteroatoms. The first-order valence-corrected chi connectivity index (χ1v) is 6.55.